The summed E-state index contributed by atoms with van der Waals surface area (Å²) >= 11 is 0. The maximum Gasteiger partial charge on any atom is 0.309 e. The Morgan fingerprint density at radius 1 is 1.37 bits per heavy atom. The molecule has 2 nitrogen and oxygen atoms in total. The van der Waals surface area contributed by atoms with E-state index in [4.69, 9.17) is 4.74 Å². The van der Waals surface area contributed by atoms with Crippen LogP contribution in [-0.4, -0.2) is 12.6 Å². The second-order valence-corrected chi connectivity index (χ2v) is 4.77. The number of benzene rings is 1. The van der Waals surface area contributed by atoms with Gasteiger partial charge in [0.15, 0.2) is 0 Å². The second kappa shape index (κ2) is 9.37. The molecule has 0 bridgehead atoms. The summed E-state index contributed by atoms with van der Waals surface area (Å²) in [6, 6.07) is 10.1. The normalized spacial score (nSPS) is 11.8. The van der Waals surface area contributed by atoms with Crippen LogP contribution < -0.4 is 0 Å². The topological polar surface area (TPSA) is 26.3 Å². The third-order valence-corrected chi connectivity index (χ3v) is 3.17. The van der Waals surface area contributed by atoms with Gasteiger partial charge < -0.3 is 4.74 Å². The monoisotopic (exact) mass is 260 g/mol. The van der Waals surface area contributed by atoms with Crippen molar-refractivity contribution in [2.45, 2.75) is 39.0 Å². The number of rotatable bonds is 9. The number of carbonyl (C=O) groups excluding carboxylic acids is 1. The van der Waals surface area contributed by atoms with Gasteiger partial charge in [-0.1, -0.05) is 56.2 Å². The lowest BCUT2D eigenvalue weighted by molar-refractivity contribution is -0.148. The summed E-state index contributed by atoms with van der Waals surface area (Å²) in [4.78, 5) is 12.0. The highest BCUT2D eigenvalue weighted by Gasteiger charge is 2.17. The Kier molecular flexibility index (Phi) is 7.64. The molecular weight excluding hydrogens is 236 g/mol. The third-order valence-electron chi connectivity index (χ3n) is 3.17. The molecule has 1 atom stereocenters. The zero-order chi connectivity index (χ0) is 13.9. The van der Waals surface area contributed by atoms with Crippen molar-refractivity contribution in [3.05, 3.63) is 48.6 Å². The van der Waals surface area contributed by atoms with E-state index < -0.39 is 0 Å². The van der Waals surface area contributed by atoms with E-state index in [1.165, 1.54) is 5.56 Å². The van der Waals surface area contributed by atoms with Crippen LogP contribution in [0.5, 0.6) is 0 Å². The molecule has 0 aliphatic carbocycles. The Hall–Kier alpha value is -1.57. The fraction of sp³-hybridized carbons (Fsp3) is 0.471. The van der Waals surface area contributed by atoms with Crippen LogP contribution in [-0.2, 0) is 16.0 Å². The van der Waals surface area contributed by atoms with Crippen molar-refractivity contribution in [3.63, 3.8) is 0 Å². The van der Waals surface area contributed by atoms with Gasteiger partial charge in [-0.05, 0) is 18.4 Å². The number of carbonyl (C=O) groups is 1. The van der Waals surface area contributed by atoms with Crippen molar-refractivity contribution >= 4 is 5.97 Å². The quantitative estimate of drug-likeness (QED) is 0.492. The standard InChI is InChI=1S/C17H24O2/c1-3-5-12-16(9-4-2)17(18)19-14-13-15-10-7-6-8-11-15/h4,6-8,10-11,16H,2-3,5,9,12-14H2,1H3. The highest BCUT2D eigenvalue weighted by atomic mass is 16.5. The average Bonchev–Trinajstić information content (AvgIpc) is 2.44. The zero-order valence-corrected chi connectivity index (χ0v) is 11.8. The first kappa shape index (κ1) is 15.5. The van der Waals surface area contributed by atoms with Gasteiger partial charge in [0, 0.05) is 6.42 Å². The number of hydrogen-bond acceptors (Lipinski definition) is 2. The van der Waals surface area contributed by atoms with E-state index >= 15 is 0 Å². The van der Waals surface area contributed by atoms with Gasteiger partial charge in [-0.3, -0.25) is 4.79 Å². The molecule has 0 amide bonds. The first-order valence-electron chi connectivity index (χ1n) is 7.09. The molecule has 1 aromatic carbocycles. The fourth-order valence-electron chi connectivity index (χ4n) is 2.02. The van der Waals surface area contributed by atoms with E-state index in [0.29, 0.717) is 13.0 Å². The van der Waals surface area contributed by atoms with E-state index in [2.05, 4.69) is 13.5 Å². The lowest BCUT2D eigenvalue weighted by Gasteiger charge is -2.14. The highest BCUT2D eigenvalue weighted by molar-refractivity contribution is 5.72. The van der Waals surface area contributed by atoms with Crippen LogP contribution in [0.1, 0.15) is 38.2 Å². The molecule has 0 aliphatic heterocycles. The van der Waals surface area contributed by atoms with Gasteiger partial charge in [-0.15, -0.1) is 6.58 Å². The fourth-order valence-corrected chi connectivity index (χ4v) is 2.02. The van der Waals surface area contributed by atoms with E-state index in [1.807, 2.05) is 30.3 Å². The summed E-state index contributed by atoms with van der Waals surface area (Å²) in [7, 11) is 0. The van der Waals surface area contributed by atoms with Crippen LogP contribution in [0.25, 0.3) is 0 Å². The van der Waals surface area contributed by atoms with Crippen LogP contribution in [0.15, 0.2) is 43.0 Å². The minimum atomic E-state index is -0.0794. The van der Waals surface area contributed by atoms with Crippen molar-refractivity contribution in [1.82, 2.24) is 0 Å². The summed E-state index contributed by atoms with van der Waals surface area (Å²) < 4.78 is 5.37. The van der Waals surface area contributed by atoms with Crippen LogP contribution in [0.3, 0.4) is 0 Å². The van der Waals surface area contributed by atoms with Gasteiger partial charge in [0.25, 0.3) is 0 Å². The lowest BCUT2D eigenvalue weighted by atomic mass is 9.99. The third kappa shape index (κ3) is 6.23. The zero-order valence-electron chi connectivity index (χ0n) is 11.8. The van der Waals surface area contributed by atoms with Crippen LogP contribution >= 0.6 is 0 Å². The average molecular weight is 260 g/mol. The molecule has 1 aromatic rings. The van der Waals surface area contributed by atoms with E-state index in [0.717, 1.165) is 25.7 Å². The minimum Gasteiger partial charge on any atom is -0.465 e. The molecule has 0 aliphatic rings. The minimum absolute atomic E-state index is 0.0202. The summed E-state index contributed by atoms with van der Waals surface area (Å²) in [5.41, 5.74) is 1.20. The first-order valence-corrected chi connectivity index (χ1v) is 7.09. The van der Waals surface area contributed by atoms with Gasteiger partial charge in [0.05, 0.1) is 12.5 Å². The predicted molar refractivity (Wildman–Crippen MR) is 78.9 cm³/mol. The first-order chi connectivity index (χ1) is 9.27. The molecule has 0 fully saturated rings. The molecule has 0 radical (unpaired) electrons. The second-order valence-electron chi connectivity index (χ2n) is 4.77. The maximum absolute atomic E-state index is 12.0. The lowest BCUT2D eigenvalue weighted by Crippen LogP contribution is -2.18. The Balaban J connectivity index is 2.33. The van der Waals surface area contributed by atoms with Gasteiger partial charge in [0.2, 0.25) is 0 Å². The van der Waals surface area contributed by atoms with Gasteiger partial charge in [-0.2, -0.15) is 0 Å². The molecule has 1 unspecified atom stereocenters. The number of unbranched alkanes of at least 4 members (excludes halogenated alkanes) is 1. The Morgan fingerprint density at radius 3 is 2.74 bits per heavy atom. The summed E-state index contributed by atoms with van der Waals surface area (Å²) in [6.07, 6.45) is 6.36. The molecule has 2 heteroatoms. The molecule has 0 spiro atoms. The van der Waals surface area contributed by atoms with Crippen LogP contribution in [0.2, 0.25) is 0 Å². The van der Waals surface area contributed by atoms with Crippen LogP contribution in [0.4, 0.5) is 0 Å². The van der Waals surface area contributed by atoms with Crippen molar-refractivity contribution in [1.29, 1.82) is 0 Å². The van der Waals surface area contributed by atoms with Crippen molar-refractivity contribution in [3.8, 4) is 0 Å². The summed E-state index contributed by atoms with van der Waals surface area (Å²) in [6.45, 7) is 6.30. The molecule has 1 rings (SSSR count). The Labute approximate surface area is 116 Å². The summed E-state index contributed by atoms with van der Waals surface area (Å²) in [5.74, 6) is -0.0995. The largest absolute Gasteiger partial charge is 0.465 e. The highest BCUT2D eigenvalue weighted by Crippen LogP contribution is 2.15. The molecule has 0 saturated carbocycles. The molecule has 0 saturated heterocycles. The van der Waals surface area contributed by atoms with Crippen molar-refractivity contribution in [2.75, 3.05) is 6.61 Å². The molecule has 19 heavy (non-hydrogen) atoms. The Morgan fingerprint density at radius 2 is 2.11 bits per heavy atom. The smallest absolute Gasteiger partial charge is 0.309 e. The molecule has 104 valence electrons. The molecular formula is C17H24O2. The molecule has 0 aromatic heterocycles. The number of hydrogen-bond donors (Lipinski definition) is 0. The van der Waals surface area contributed by atoms with Crippen LogP contribution in [0, 0.1) is 5.92 Å². The van der Waals surface area contributed by atoms with E-state index in [-0.39, 0.29) is 11.9 Å². The number of esters is 1. The van der Waals surface area contributed by atoms with E-state index in [1.54, 1.807) is 6.08 Å². The SMILES string of the molecule is C=CCC(CCCC)C(=O)OCCc1ccccc1. The van der Waals surface area contributed by atoms with E-state index in [9.17, 15) is 4.79 Å². The van der Waals surface area contributed by atoms with Crippen molar-refractivity contribution < 1.29 is 9.53 Å². The number of ether oxygens (including phenoxy) is 1. The van der Waals surface area contributed by atoms with Gasteiger partial charge in [0.1, 0.15) is 0 Å². The maximum atomic E-state index is 12.0. The number of allylic oxidation sites excluding steroid dienone is 1. The van der Waals surface area contributed by atoms with Gasteiger partial charge in [-0.25, -0.2) is 0 Å². The predicted octanol–water partition coefficient (Wildman–Crippen LogP) is 4.15. The molecule has 0 heterocycles. The van der Waals surface area contributed by atoms with Crippen molar-refractivity contribution in [2.24, 2.45) is 5.92 Å². The van der Waals surface area contributed by atoms with Gasteiger partial charge >= 0.3 is 5.97 Å². The summed E-state index contributed by atoms with van der Waals surface area (Å²) in [5, 5.41) is 0. The Bertz CT molecular complexity index is 370. The molecule has 0 N–H and O–H groups in total.